The second-order valence-corrected chi connectivity index (χ2v) is 8.55. The number of imide groups is 1. The minimum atomic E-state index is -0.536. The van der Waals surface area contributed by atoms with Gasteiger partial charge in [0.15, 0.2) is 0 Å². The Balaban J connectivity index is 1.69. The number of hydrogen-bond acceptors (Lipinski definition) is 3. The van der Waals surface area contributed by atoms with Gasteiger partial charge in [-0.2, -0.15) is 0 Å². The van der Waals surface area contributed by atoms with Crippen LogP contribution in [0, 0.1) is 0 Å². The molecular formula is C22H29N3O3. The monoisotopic (exact) mass is 383 g/mol. The third-order valence-electron chi connectivity index (χ3n) is 5.30. The summed E-state index contributed by atoms with van der Waals surface area (Å²) in [6.07, 6.45) is 5.84. The number of nitrogens with one attached hydrogen (secondary N) is 1. The van der Waals surface area contributed by atoms with E-state index in [9.17, 15) is 14.4 Å². The Morgan fingerprint density at radius 3 is 2.21 bits per heavy atom. The Hall–Kier alpha value is -2.63. The maximum atomic E-state index is 12.6. The summed E-state index contributed by atoms with van der Waals surface area (Å²) in [5.74, 6) is -0.616. The van der Waals surface area contributed by atoms with Gasteiger partial charge >= 0.3 is 6.03 Å². The minimum absolute atomic E-state index is 0.0492. The molecule has 2 aliphatic heterocycles. The molecule has 0 unspecified atom stereocenters. The topological polar surface area (TPSA) is 69.7 Å². The normalized spacial score (nSPS) is 19.8. The van der Waals surface area contributed by atoms with E-state index in [0.717, 1.165) is 36.1 Å². The van der Waals surface area contributed by atoms with Gasteiger partial charge in [0.05, 0.1) is 0 Å². The molecule has 0 aliphatic carbocycles. The molecule has 2 fully saturated rings. The molecule has 3 rings (SSSR count). The van der Waals surface area contributed by atoms with Crippen molar-refractivity contribution in [2.24, 2.45) is 0 Å². The predicted molar refractivity (Wildman–Crippen MR) is 108 cm³/mol. The number of nitrogens with zero attached hydrogens (tertiary/aromatic N) is 2. The third-order valence-corrected chi connectivity index (χ3v) is 5.30. The average Bonchev–Trinajstić information content (AvgIpc) is 2.86. The van der Waals surface area contributed by atoms with Crippen molar-refractivity contribution < 1.29 is 14.4 Å². The van der Waals surface area contributed by atoms with Crippen LogP contribution in [0.1, 0.15) is 57.6 Å². The number of urea groups is 1. The summed E-state index contributed by atoms with van der Waals surface area (Å²) in [5, 5.41) is 2.60. The zero-order valence-electron chi connectivity index (χ0n) is 17.0. The van der Waals surface area contributed by atoms with E-state index in [-0.39, 0.29) is 23.6 Å². The summed E-state index contributed by atoms with van der Waals surface area (Å²) in [7, 11) is 0. The molecule has 0 spiro atoms. The highest BCUT2D eigenvalue weighted by molar-refractivity contribution is 6.15. The molecule has 2 saturated heterocycles. The van der Waals surface area contributed by atoms with Crippen molar-refractivity contribution in [1.82, 2.24) is 15.1 Å². The lowest BCUT2D eigenvalue weighted by atomic mass is 9.87. The molecule has 28 heavy (non-hydrogen) atoms. The van der Waals surface area contributed by atoms with Crippen LogP contribution < -0.4 is 5.32 Å². The van der Waals surface area contributed by atoms with Gasteiger partial charge in [-0.15, -0.1) is 0 Å². The van der Waals surface area contributed by atoms with Crippen molar-refractivity contribution in [3.05, 3.63) is 41.1 Å². The van der Waals surface area contributed by atoms with Crippen molar-refractivity contribution in [3.63, 3.8) is 0 Å². The first-order valence-corrected chi connectivity index (χ1v) is 9.98. The van der Waals surface area contributed by atoms with Crippen molar-refractivity contribution >= 4 is 23.9 Å². The van der Waals surface area contributed by atoms with Gasteiger partial charge in [-0.25, -0.2) is 9.69 Å². The molecule has 0 aromatic heterocycles. The third kappa shape index (κ3) is 4.61. The van der Waals surface area contributed by atoms with Crippen LogP contribution >= 0.6 is 0 Å². The van der Waals surface area contributed by atoms with Crippen molar-refractivity contribution in [1.29, 1.82) is 0 Å². The molecule has 0 bridgehead atoms. The maximum absolute atomic E-state index is 12.6. The van der Waals surface area contributed by atoms with E-state index < -0.39 is 11.9 Å². The van der Waals surface area contributed by atoms with E-state index in [0.29, 0.717) is 13.1 Å². The number of carbonyl (C=O) groups excluding carboxylic acids is 3. The van der Waals surface area contributed by atoms with Crippen molar-refractivity contribution in [2.75, 3.05) is 19.6 Å². The standard InChI is InChI=1S/C22H29N3O3/c1-22(2,3)17-10-8-16(9-11-17)14-18-20(27)25(21(28)23-18)15-19(26)24-12-6-4-5-7-13-24/h8-11,14H,4-7,12-13,15H2,1-3H3,(H,23,28)/b18-14-. The molecule has 0 saturated carbocycles. The molecule has 1 aromatic rings. The van der Waals surface area contributed by atoms with Crippen LogP contribution in [0.5, 0.6) is 0 Å². The molecule has 2 aliphatic rings. The molecule has 6 nitrogen and oxygen atoms in total. The summed E-state index contributed by atoms with van der Waals surface area (Å²) in [5.41, 5.74) is 2.28. The largest absolute Gasteiger partial charge is 0.341 e. The Morgan fingerprint density at radius 1 is 1.04 bits per heavy atom. The van der Waals surface area contributed by atoms with E-state index in [1.165, 1.54) is 5.56 Å². The molecule has 1 aromatic carbocycles. The second kappa shape index (κ2) is 8.17. The van der Waals surface area contributed by atoms with Crippen molar-refractivity contribution in [3.8, 4) is 0 Å². The van der Waals surface area contributed by atoms with E-state index in [1.807, 2.05) is 24.3 Å². The van der Waals surface area contributed by atoms with Gasteiger partial charge in [0.25, 0.3) is 5.91 Å². The number of benzene rings is 1. The van der Waals surface area contributed by atoms with Gasteiger partial charge in [0.1, 0.15) is 12.2 Å². The molecular weight excluding hydrogens is 354 g/mol. The number of carbonyl (C=O) groups is 3. The molecule has 0 atom stereocenters. The zero-order valence-corrected chi connectivity index (χ0v) is 17.0. The molecule has 0 radical (unpaired) electrons. The van der Waals surface area contributed by atoms with E-state index >= 15 is 0 Å². The average molecular weight is 383 g/mol. The van der Waals surface area contributed by atoms with Crippen LogP contribution in [0.15, 0.2) is 30.0 Å². The lowest BCUT2D eigenvalue weighted by Crippen LogP contribution is -2.43. The van der Waals surface area contributed by atoms with Gasteiger partial charge in [-0.3, -0.25) is 9.59 Å². The molecule has 4 amide bonds. The Labute approximate surface area is 166 Å². The molecule has 150 valence electrons. The zero-order chi connectivity index (χ0) is 20.3. The fourth-order valence-corrected chi connectivity index (χ4v) is 3.52. The summed E-state index contributed by atoms with van der Waals surface area (Å²) in [6.45, 7) is 7.61. The van der Waals surface area contributed by atoms with E-state index in [2.05, 4.69) is 26.1 Å². The SMILES string of the molecule is CC(C)(C)c1ccc(/C=C2\NC(=O)N(CC(=O)N3CCCCCC3)C2=O)cc1. The highest BCUT2D eigenvalue weighted by Gasteiger charge is 2.35. The Kier molecular flexibility index (Phi) is 5.87. The predicted octanol–water partition coefficient (Wildman–Crippen LogP) is 3.28. The van der Waals surface area contributed by atoms with Crippen LogP contribution in [0.3, 0.4) is 0 Å². The smallest absolute Gasteiger partial charge is 0.329 e. The first kappa shape index (κ1) is 20.1. The molecule has 6 heteroatoms. The maximum Gasteiger partial charge on any atom is 0.329 e. The lowest BCUT2D eigenvalue weighted by molar-refractivity contribution is -0.135. The van der Waals surface area contributed by atoms with Crippen LogP contribution in [-0.4, -0.2) is 47.3 Å². The number of amides is 4. The summed E-state index contributed by atoms with van der Waals surface area (Å²) < 4.78 is 0. The van der Waals surface area contributed by atoms with Crippen molar-refractivity contribution in [2.45, 2.75) is 51.9 Å². The van der Waals surface area contributed by atoms with E-state index in [4.69, 9.17) is 0 Å². The highest BCUT2D eigenvalue weighted by atomic mass is 16.2. The number of likely N-dealkylation sites (tertiary alicyclic amines) is 1. The first-order valence-electron chi connectivity index (χ1n) is 9.98. The fraction of sp³-hybridized carbons (Fsp3) is 0.500. The van der Waals surface area contributed by atoms with Gasteiger partial charge in [0, 0.05) is 13.1 Å². The van der Waals surface area contributed by atoms with Gasteiger partial charge < -0.3 is 10.2 Å². The Morgan fingerprint density at radius 2 is 1.64 bits per heavy atom. The van der Waals surface area contributed by atoms with Gasteiger partial charge in [0.2, 0.25) is 5.91 Å². The fourth-order valence-electron chi connectivity index (χ4n) is 3.52. The minimum Gasteiger partial charge on any atom is -0.341 e. The summed E-state index contributed by atoms with van der Waals surface area (Å²) >= 11 is 0. The first-order chi connectivity index (χ1) is 13.3. The van der Waals surface area contributed by atoms with Gasteiger partial charge in [-0.1, -0.05) is 57.9 Å². The van der Waals surface area contributed by atoms with Crippen LogP contribution in [0.2, 0.25) is 0 Å². The summed E-state index contributed by atoms with van der Waals surface area (Å²) in [4.78, 5) is 40.2. The Bertz CT molecular complexity index is 782. The van der Waals surface area contributed by atoms with Gasteiger partial charge in [-0.05, 0) is 35.5 Å². The van der Waals surface area contributed by atoms with Crippen LogP contribution in [-0.2, 0) is 15.0 Å². The quantitative estimate of drug-likeness (QED) is 0.643. The van der Waals surface area contributed by atoms with Crippen LogP contribution in [0.4, 0.5) is 4.79 Å². The second-order valence-electron chi connectivity index (χ2n) is 8.55. The highest BCUT2D eigenvalue weighted by Crippen LogP contribution is 2.23. The number of rotatable bonds is 3. The van der Waals surface area contributed by atoms with E-state index in [1.54, 1.807) is 11.0 Å². The number of hydrogen-bond donors (Lipinski definition) is 1. The van der Waals surface area contributed by atoms with Crippen LogP contribution in [0.25, 0.3) is 6.08 Å². The molecule has 1 N–H and O–H groups in total. The summed E-state index contributed by atoms with van der Waals surface area (Å²) in [6, 6.07) is 7.37. The molecule has 2 heterocycles. The lowest BCUT2D eigenvalue weighted by Gasteiger charge is -2.22.